The van der Waals surface area contributed by atoms with Crippen molar-refractivity contribution in [3.8, 4) is 0 Å². The zero-order chi connectivity index (χ0) is 20.8. The second-order valence-corrected chi connectivity index (χ2v) is 8.26. The molecule has 0 aromatic heterocycles. The molecule has 2 heteroatoms. The molecule has 0 unspecified atom stereocenters. The van der Waals surface area contributed by atoms with Gasteiger partial charge in [0.2, 0.25) is 11.4 Å². The van der Waals surface area contributed by atoms with Crippen LogP contribution in [0.25, 0.3) is 16.9 Å². The zero-order valence-corrected chi connectivity index (χ0v) is 18.5. The first-order valence-corrected chi connectivity index (χ1v) is 11.2. The van der Waals surface area contributed by atoms with Crippen molar-refractivity contribution in [1.82, 2.24) is 0 Å². The normalized spacial score (nSPS) is 14.3. The van der Waals surface area contributed by atoms with E-state index in [9.17, 15) is 5.53 Å². The van der Waals surface area contributed by atoms with Gasteiger partial charge in [-0.15, -0.1) is 0 Å². The number of benzene rings is 2. The Balaban J connectivity index is 2.13. The second kappa shape index (κ2) is 9.82. The molecule has 1 aliphatic heterocycles. The average Bonchev–Trinajstić information content (AvgIpc) is 2.99. The van der Waals surface area contributed by atoms with E-state index in [2.05, 4.69) is 76.2 Å². The smallest absolute Gasteiger partial charge is 0.211 e. The van der Waals surface area contributed by atoms with Gasteiger partial charge in [-0.05, 0) is 63.8 Å². The quantitative estimate of drug-likeness (QED) is 0.306. The molecule has 0 amide bonds. The van der Waals surface area contributed by atoms with Crippen LogP contribution in [-0.2, 0) is 0 Å². The fraction of sp³-hybridized carbons (Fsp3) is 0.407. The van der Waals surface area contributed by atoms with E-state index >= 15 is 0 Å². The molecule has 0 radical (unpaired) electrons. The summed E-state index contributed by atoms with van der Waals surface area (Å²) >= 11 is 0. The van der Waals surface area contributed by atoms with Crippen LogP contribution in [0.2, 0.25) is 0 Å². The number of unbranched alkanes of at least 4 members (excludes halogenated alkanes) is 3. The van der Waals surface area contributed by atoms with Gasteiger partial charge in [-0.1, -0.05) is 68.5 Å². The van der Waals surface area contributed by atoms with Gasteiger partial charge in [0.05, 0.1) is 0 Å². The first kappa shape index (κ1) is 21.2. The van der Waals surface area contributed by atoms with Crippen LogP contribution in [-0.4, -0.2) is 4.70 Å². The summed E-state index contributed by atoms with van der Waals surface area (Å²) in [6.07, 6.45) is 7.89. The number of nitrogens with zero attached hydrogens (tertiary/aromatic N) is 2. The van der Waals surface area contributed by atoms with Crippen molar-refractivity contribution in [1.29, 1.82) is 0 Å². The molecule has 0 spiro atoms. The van der Waals surface area contributed by atoms with Crippen LogP contribution >= 0.6 is 0 Å². The molecule has 0 fully saturated rings. The van der Waals surface area contributed by atoms with Gasteiger partial charge in [-0.25, -0.2) is 4.70 Å². The van der Waals surface area contributed by atoms with Crippen LogP contribution in [0.4, 0.5) is 0 Å². The fourth-order valence-corrected chi connectivity index (χ4v) is 4.11. The Kier molecular flexibility index (Phi) is 7.19. The molecule has 3 rings (SSSR count). The Hall–Kier alpha value is -2.48. The number of hydrogen-bond acceptors (Lipinski definition) is 0. The maximum absolute atomic E-state index is 11.4. The van der Waals surface area contributed by atoms with E-state index < -0.39 is 0 Å². The summed E-state index contributed by atoms with van der Waals surface area (Å²) in [7, 11) is 0. The Morgan fingerprint density at radius 1 is 0.621 bits per heavy atom. The Bertz CT molecular complexity index is 912. The molecule has 0 saturated heterocycles. The summed E-state index contributed by atoms with van der Waals surface area (Å²) in [5.41, 5.74) is 20.7. The molecule has 0 atom stereocenters. The summed E-state index contributed by atoms with van der Waals surface area (Å²) in [4.78, 5) is 0. The van der Waals surface area contributed by atoms with E-state index in [1.165, 1.54) is 39.8 Å². The minimum absolute atomic E-state index is 0.973. The van der Waals surface area contributed by atoms with Crippen LogP contribution in [0.1, 0.15) is 81.0 Å². The largest absolute Gasteiger partial charge is 0.493 e. The first-order valence-electron chi connectivity index (χ1n) is 11.2. The predicted octanol–water partition coefficient (Wildman–Crippen LogP) is 8.24. The maximum Gasteiger partial charge on any atom is 0.211 e. The van der Waals surface area contributed by atoms with Crippen molar-refractivity contribution in [2.75, 3.05) is 0 Å². The van der Waals surface area contributed by atoms with Crippen LogP contribution in [0.15, 0.2) is 59.7 Å². The lowest BCUT2D eigenvalue weighted by Gasteiger charge is -2.10. The van der Waals surface area contributed by atoms with E-state index in [1.807, 2.05) is 0 Å². The van der Waals surface area contributed by atoms with Crippen molar-refractivity contribution < 1.29 is 4.70 Å². The minimum atomic E-state index is 0.973. The van der Waals surface area contributed by atoms with Gasteiger partial charge < -0.3 is 5.53 Å². The van der Waals surface area contributed by atoms with Gasteiger partial charge in [0.15, 0.2) is 0 Å². The Morgan fingerprint density at radius 2 is 1.03 bits per heavy atom. The lowest BCUT2D eigenvalue weighted by molar-refractivity contribution is -0.345. The van der Waals surface area contributed by atoms with Crippen LogP contribution in [0.3, 0.4) is 0 Å². The van der Waals surface area contributed by atoms with Crippen molar-refractivity contribution in [2.45, 2.75) is 72.6 Å². The lowest BCUT2D eigenvalue weighted by atomic mass is 9.92. The third kappa shape index (κ3) is 4.75. The molecule has 2 nitrogen and oxygen atoms in total. The van der Waals surface area contributed by atoms with Gasteiger partial charge >= 0.3 is 0 Å². The van der Waals surface area contributed by atoms with Crippen molar-refractivity contribution in [2.24, 2.45) is 0 Å². The van der Waals surface area contributed by atoms with Crippen LogP contribution in [0.5, 0.6) is 0 Å². The molecule has 152 valence electrons. The monoisotopic (exact) mass is 386 g/mol. The molecule has 0 aliphatic carbocycles. The van der Waals surface area contributed by atoms with Crippen LogP contribution in [0, 0.1) is 13.8 Å². The average molecular weight is 387 g/mol. The van der Waals surface area contributed by atoms with E-state index in [-0.39, 0.29) is 0 Å². The molecule has 1 heterocycles. The molecule has 2 aromatic rings. The third-order valence-electron chi connectivity index (χ3n) is 5.82. The van der Waals surface area contributed by atoms with Crippen molar-refractivity contribution >= 4 is 11.4 Å². The summed E-state index contributed by atoms with van der Waals surface area (Å²) in [6.45, 7) is 8.69. The van der Waals surface area contributed by atoms with Crippen LogP contribution < -0.4 is 0 Å². The highest BCUT2D eigenvalue weighted by atomic mass is 15.2. The molecule has 1 aliphatic rings. The molecule has 0 N–H and O–H groups in total. The van der Waals surface area contributed by atoms with Gasteiger partial charge in [-0.3, -0.25) is 0 Å². The number of hydrogen-bond donors (Lipinski definition) is 0. The van der Waals surface area contributed by atoms with E-state index in [1.54, 1.807) is 0 Å². The van der Waals surface area contributed by atoms with E-state index in [0.717, 1.165) is 54.6 Å². The molecule has 0 saturated carbocycles. The van der Waals surface area contributed by atoms with Crippen molar-refractivity contribution in [3.63, 3.8) is 0 Å². The van der Waals surface area contributed by atoms with E-state index in [0.29, 0.717) is 0 Å². The fourth-order valence-electron chi connectivity index (χ4n) is 4.11. The topological polar surface area (TPSA) is 25.3 Å². The molecular weight excluding hydrogens is 352 g/mol. The standard InChI is InChI=1S/C27H34N2/c1-5-7-9-11-25-24(10-8-6-2)26(22-16-12-20(3)13-17-22)29(28)27(25)23-18-14-21(4)15-19-23/h12-19H,5-11H2,1-4H3. The Morgan fingerprint density at radius 3 is 1.45 bits per heavy atom. The number of allylic oxidation sites excluding steroid dienone is 2. The van der Waals surface area contributed by atoms with Crippen molar-refractivity contribution in [3.05, 3.63) is 87.5 Å². The summed E-state index contributed by atoms with van der Waals surface area (Å²) < 4.78 is 1.47. The molecule has 29 heavy (non-hydrogen) atoms. The highest BCUT2D eigenvalue weighted by Crippen LogP contribution is 2.44. The third-order valence-corrected chi connectivity index (χ3v) is 5.82. The molecule has 0 bridgehead atoms. The molecule has 2 aromatic carbocycles. The number of rotatable bonds is 9. The number of aryl methyl sites for hydroxylation is 2. The minimum Gasteiger partial charge on any atom is -0.493 e. The first-order chi connectivity index (χ1) is 14.1. The maximum atomic E-state index is 11.4. The summed E-state index contributed by atoms with van der Waals surface area (Å²) in [5.74, 6) is 0. The Labute approximate surface area is 176 Å². The van der Waals surface area contributed by atoms with E-state index in [4.69, 9.17) is 0 Å². The molecular formula is C27H34N2. The van der Waals surface area contributed by atoms with Gasteiger partial charge in [0.25, 0.3) is 0 Å². The SMILES string of the molecule is CCCCCC1=C(c2ccc(C)cc2)[N+](=[N-])C(c2ccc(C)cc2)=C1CCCC. The zero-order valence-electron chi connectivity index (χ0n) is 18.5. The highest BCUT2D eigenvalue weighted by molar-refractivity contribution is 5.82. The lowest BCUT2D eigenvalue weighted by Crippen LogP contribution is -2.02. The van der Waals surface area contributed by atoms with Gasteiger partial charge in [-0.2, -0.15) is 0 Å². The highest BCUT2D eigenvalue weighted by Gasteiger charge is 2.34. The predicted molar refractivity (Wildman–Crippen MR) is 123 cm³/mol. The van der Waals surface area contributed by atoms with Gasteiger partial charge in [0.1, 0.15) is 0 Å². The second-order valence-electron chi connectivity index (χ2n) is 8.26. The summed E-state index contributed by atoms with van der Waals surface area (Å²) in [6, 6.07) is 17.1. The van der Waals surface area contributed by atoms with Gasteiger partial charge in [0, 0.05) is 22.3 Å². The summed E-state index contributed by atoms with van der Waals surface area (Å²) in [5, 5.41) is 0.